The summed E-state index contributed by atoms with van der Waals surface area (Å²) in [5, 5.41) is 10.6. The minimum atomic E-state index is -4.97. The van der Waals surface area contributed by atoms with Crippen LogP contribution in [0, 0.1) is 0 Å². The largest absolute Gasteiger partial charge is 0.472 e. The molecule has 0 saturated heterocycles. The lowest BCUT2D eigenvalue weighted by molar-refractivity contribution is -0.161. The van der Waals surface area contributed by atoms with Crippen molar-refractivity contribution in [2.45, 2.75) is 380 Å². The highest BCUT2D eigenvalue weighted by atomic mass is 31.2. The molecular formula is C77H142O17P2. The van der Waals surface area contributed by atoms with Gasteiger partial charge in [0.1, 0.15) is 19.3 Å². The molecule has 0 rings (SSSR count). The molecule has 0 spiro atoms. The van der Waals surface area contributed by atoms with Crippen molar-refractivity contribution >= 4 is 39.5 Å². The maximum absolute atomic E-state index is 13.1. The Balaban J connectivity index is 5.31. The average Bonchev–Trinajstić information content (AvgIpc) is 1.09. The second kappa shape index (κ2) is 70.5. The van der Waals surface area contributed by atoms with E-state index in [1.54, 1.807) is 0 Å². The normalized spacial score (nSPS) is 14.2. The molecule has 562 valence electrons. The predicted molar refractivity (Wildman–Crippen MR) is 390 cm³/mol. The maximum atomic E-state index is 13.1. The van der Waals surface area contributed by atoms with Gasteiger partial charge in [-0.15, -0.1) is 0 Å². The van der Waals surface area contributed by atoms with E-state index in [0.29, 0.717) is 25.7 Å². The summed E-state index contributed by atoms with van der Waals surface area (Å²) in [6, 6.07) is 0. The third-order valence-corrected chi connectivity index (χ3v) is 18.7. The van der Waals surface area contributed by atoms with Gasteiger partial charge < -0.3 is 33.8 Å². The number of rotatable bonds is 74. The lowest BCUT2D eigenvalue weighted by atomic mass is 10.0. The monoisotopic (exact) mass is 1400 g/mol. The molecule has 0 bridgehead atoms. The van der Waals surface area contributed by atoms with E-state index in [4.69, 9.17) is 37.0 Å². The zero-order valence-electron chi connectivity index (χ0n) is 61.3. The van der Waals surface area contributed by atoms with E-state index in [1.807, 2.05) is 0 Å². The molecule has 0 saturated carbocycles. The van der Waals surface area contributed by atoms with Crippen LogP contribution in [0.2, 0.25) is 0 Å². The number of aliphatic hydroxyl groups excluding tert-OH is 1. The number of aliphatic hydroxyl groups is 1. The molecule has 0 radical (unpaired) electrons. The Kier molecular flexibility index (Phi) is 68.3. The fraction of sp³-hybridized carbons (Fsp3) is 0.844. The Morgan fingerprint density at radius 2 is 0.510 bits per heavy atom. The Morgan fingerprint density at radius 3 is 0.792 bits per heavy atom. The van der Waals surface area contributed by atoms with Crippen LogP contribution < -0.4 is 0 Å². The van der Waals surface area contributed by atoms with E-state index in [1.165, 1.54) is 148 Å². The summed E-state index contributed by atoms with van der Waals surface area (Å²) in [5.74, 6) is -2.17. The number of carbonyl (C=O) groups excluding carboxylic acids is 4. The number of phosphoric ester groups is 2. The quantitative estimate of drug-likeness (QED) is 0.0169. The van der Waals surface area contributed by atoms with Crippen LogP contribution in [0.5, 0.6) is 0 Å². The second-order valence-corrected chi connectivity index (χ2v) is 29.2. The molecule has 0 aliphatic carbocycles. The van der Waals surface area contributed by atoms with Crippen LogP contribution >= 0.6 is 15.6 Å². The predicted octanol–water partition coefficient (Wildman–Crippen LogP) is 22.1. The first-order valence-electron chi connectivity index (χ1n) is 38.9. The summed E-state index contributed by atoms with van der Waals surface area (Å²) in [6.07, 6.45) is 66.6. The van der Waals surface area contributed by atoms with Crippen LogP contribution in [-0.4, -0.2) is 96.7 Å². The highest BCUT2D eigenvalue weighted by Crippen LogP contribution is 2.45. The minimum absolute atomic E-state index is 0.0805. The van der Waals surface area contributed by atoms with E-state index >= 15 is 0 Å². The molecule has 0 heterocycles. The van der Waals surface area contributed by atoms with Gasteiger partial charge in [0, 0.05) is 25.7 Å². The molecule has 19 heteroatoms. The second-order valence-electron chi connectivity index (χ2n) is 26.3. The molecule has 96 heavy (non-hydrogen) atoms. The SMILES string of the molecule is CCCCC/C=C\C/C=C\CCCCCCCC(=O)OCC(COP(=O)(O)OCC(O)COP(=O)(O)OCC(COC(=O)CCCCCCCCCCCCCCCCC)OC(=O)CCCCCCCCCCCCC)OC(=O)CCCCCCC/C=C\C/C=C\CCCCC. The van der Waals surface area contributed by atoms with Gasteiger partial charge in [-0.25, -0.2) is 9.13 Å². The van der Waals surface area contributed by atoms with Crippen LogP contribution in [0.15, 0.2) is 48.6 Å². The maximum Gasteiger partial charge on any atom is 0.472 e. The van der Waals surface area contributed by atoms with E-state index in [-0.39, 0.29) is 25.7 Å². The molecular weight excluding hydrogens is 1260 g/mol. The van der Waals surface area contributed by atoms with E-state index in [2.05, 4.69) is 76.3 Å². The van der Waals surface area contributed by atoms with Gasteiger partial charge in [0.05, 0.1) is 26.4 Å². The highest BCUT2D eigenvalue weighted by Gasteiger charge is 2.30. The van der Waals surface area contributed by atoms with Crippen molar-refractivity contribution in [2.75, 3.05) is 39.6 Å². The van der Waals surface area contributed by atoms with Gasteiger partial charge in [-0.3, -0.25) is 37.3 Å². The van der Waals surface area contributed by atoms with Crippen molar-refractivity contribution < 1.29 is 80.2 Å². The first kappa shape index (κ1) is 93.0. The Labute approximate surface area is 585 Å². The molecule has 0 aromatic carbocycles. The first-order chi connectivity index (χ1) is 46.7. The number of allylic oxidation sites excluding steroid dienone is 8. The van der Waals surface area contributed by atoms with Crippen molar-refractivity contribution in [3.63, 3.8) is 0 Å². The number of hydrogen-bond donors (Lipinski definition) is 3. The zero-order valence-corrected chi connectivity index (χ0v) is 63.1. The average molecular weight is 1400 g/mol. The van der Waals surface area contributed by atoms with Crippen LogP contribution in [-0.2, 0) is 65.4 Å². The topological polar surface area (TPSA) is 237 Å². The van der Waals surface area contributed by atoms with Gasteiger partial charge in [0.15, 0.2) is 12.2 Å². The van der Waals surface area contributed by atoms with Crippen molar-refractivity contribution in [2.24, 2.45) is 0 Å². The van der Waals surface area contributed by atoms with Gasteiger partial charge in [-0.05, 0) is 89.9 Å². The van der Waals surface area contributed by atoms with Gasteiger partial charge in [0.2, 0.25) is 0 Å². The Bertz CT molecular complexity index is 2010. The molecule has 5 atom stereocenters. The van der Waals surface area contributed by atoms with Gasteiger partial charge in [0.25, 0.3) is 0 Å². The van der Waals surface area contributed by atoms with Crippen LogP contribution in [0.3, 0.4) is 0 Å². The Hall–Kier alpha value is -2.98. The molecule has 0 aliphatic heterocycles. The van der Waals surface area contributed by atoms with E-state index in [0.717, 1.165) is 135 Å². The molecule has 0 aromatic rings. The molecule has 0 amide bonds. The molecule has 5 unspecified atom stereocenters. The van der Waals surface area contributed by atoms with Crippen molar-refractivity contribution in [3.8, 4) is 0 Å². The number of esters is 4. The molecule has 17 nitrogen and oxygen atoms in total. The number of hydrogen-bond acceptors (Lipinski definition) is 15. The number of carbonyl (C=O) groups is 4. The minimum Gasteiger partial charge on any atom is -0.462 e. The lowest BCUT2D eigenvalue weighted by Gasteiger charge is -2.21. The lowest BCUT2D eigenvalue weighted by Crippen LogP contribution is -2.30. The summed E-state index contributed by atoms with van der Waals surface area (Å²) >= 11 is 0. The highest BCUT2D eigenvalue weighted by molar-refractivity contribution is 7.47. The van der Waals surface area contributed by atoms with Gasteiger partial charge in [-0.2, -0.15) is 0 Å². The van der Waals surface area contributed by atoms with E-state index in [9.17, 15) is 43.2 Å². The van der Waals surface area contributed by atoms with Crippen molar-refractivity contribution in [3.05, 3.63) is 48.6 Å². The smallest absolute Gasteiger partial charge is 0.462 e. The summed E-state index contributed by atoms with van der Waals surface area (Å²) in [6.45, 7) is 4.85. The van der Waals surface area contributed by atoms with Crippen LogP contribution in [0.25, 0.3) is 0 Å². The third kappa shape index (κ3) is 69.5. The number of ether oxygens (including phenoxy) is 4. The summed E-state index contributed by atoms with van der Waals surface area (Å²) in [7, 11) is -9.93. The summed E-state index contributed by atoms with van der Waals surface area (Å²) in [5.41, 5.74) is 0. The van der Waals surface area contributed by atoms with Crippen LogP contribution in [0.1, 0.15) is 362 Å². The zero-order chi connectivity index (χ0) is 70.4. The third-order valence-electron chi connectivity index (χ3n) is 16.8. The number of phosphoric acid groups is 2. The summed E-state index contributed by atoms with van der Waals surface area (Å²) < 4.78 is 68.5. The van der Waals surface area contributed by atoms with Gasteiger partial charge in [-0.1, -0.05) is 295 Å². The molecule has 3 N–H and O–H groups in total. The Morgan fingerprint density at radius 1 is 0.292 bits per heavy atom. The molecule has 0 aromatic heterocycles. The first-order valence-corrected chi connectivity index (χ1v) is 41.9. The molecule has 0 fully saturated rings. The summed E-state index contributed by atoms with van der Waals surface area (Å²) in [4.78, 5) is 72.8. The number of unbranched alkanes of at least 4 members (excludes halogenated alkanes) is 40. The fourth-order valence-corrected chi connectivity index (χ4v) is 12.4. The van der Waals surface area contributed by atoms with Crippen molar-refractivity contribution in [1.82, 2.24) is 0 Å². The fourth-order valence-electron chi connectivity index (χ4n) is 10.8. The van der Waals surface area contributed by atoms with Gasteiger partial charge >= 0.3 is 39.5 Å². The van der Waals surface area contributed by atoms with Crippen molar-refractivity contribution in [1.29, 1.82) is 0 Å². The van der Waals surface area contributed by atoms with Crippen LogP contribution in [0.4, 0.5) is 0 Å². The van der Waals surface area contributed by atoms with E-state index < -0.39 is 97.5 Å². The molecule has 0 aliphatic rings. The standard InChI is InChI=1S/C77H142O17P2/c1-5-9-13-17-21-25-29-32-35-38-42-45-49-53-57-61-74(79)87-67-72(93-76(81)63-59-55-51-47-41-28-24-20-16-12-8-4)69-91-95(83,84)89-65-71(78)66-90-96(85,86)92-70-73(94-77(82)64-60-56-52-48-44-40-37-34-31-27-23-19-15-11-7-3)68-88-75(80)62-58-54-50-46-43-39-36-33-30-26-22-18-14-10-6-2/h22-23,26-27,33-34,36-37,71-73,78H,5-21,24-25,28-32,35,38-70H2,1-4H3,(H,83,84)(H,85,86)/b26-22-,27-23-,36-33-,37-34-.